The van der Waals surface area contributed by atoms with E-state index in [0.717, 1.165) is 22.5 Å². The Kier molecular flexibility index (Phi) is 4.57. The van der Waals surface area contributed by atoms with Gasteiger partial charge in [0, 0.05) is 18.0 Å². The van der Waals surface area contributed by atoms with Crippen LogP contribution in [0.15, 0.2) is 54.4 Å². The second kappa shape index (κ2) is 7.07. The van der Waals surface area contributed by atoms with Crippen LogP contribution in [0.5, 0.6) is 0 Å². The molecule has 2 aliphatic rings. The molecule has 0 spiro atoms. The zero-order chi connectivity index (χ0) is 21.8. The third kappa shape index (κ3) is 3.11. The number of aliphatic hydroxyl groups is 2. The van der Waals surface area contributed by atoms with Gasteiger partial charge in [-0.05, 0) is 67.3 Å². The van der Waals surface area contributed by atoms with E-state index in [1.807, 2.05) is 13.0 Å². The Hall–Kier alpha value is -2.90. The van der Waals surface area contributed by atoms with Crippen molar-refractivity contribution in [2.75, 3.05) is 0 Å². The number of aliphatic hydroxyl groups excluding tert-OH is 1. The Morgan fingerprint density at radius 3 is 2.71 bits per heavy atom. The molecular weight excluding hydrogens is 400 g/mol. The molecule has 3 atom stereocenters. The highest BCUT2D eigenvalue weighted by molar-refractivity contribution is 5.62. The molecule has 2 heterocycles. The average Bonchev–Trinajstić information content (AvgIpc) is 3.25. The second-order valence-corrected chi connectivity index (χ2v) is 8.74. The van der Waals surface area contributed by atoms with E-state index < -0.39 is 22.9 Å². The van der Waals surface area contributed by atoms with E-state index in [0.29, 0.717) is 19.3 Å². The van der Waals surface area contributed by atoms with Crippen LogP contribution in [0, 0.1) is 17.0 Å². The predicted molar refractivity (Wildman–Crippen MR) is 111 cm³/mol. The van der Waals surface area contributed by atoms with Crippen molar-refractivity contribution in [1.29, 1.82) is 0 Å². The van der Waals surface area contributed by atoms with Crippen LogP contribution in [-0.4, -0.2) is 30.6 Å². The van der Waals surface area contributed by atoms with Crippen molar-refractivity contribution in [2.24, 2.45) is 5.41 Å². The van der Waals surface area contributed by atoms with Gasteiger partial charge in [-0.1, -0.05) is 12.5 Å². The van der Waals surface area contributed by atoms with E-state index in [1.165, 1.54) is 30.5 Å². The largest absolute Gasteiger partial charge is 0.389 e. The lowest BCUT2D eigenvalue weighted by atomic mass is 9.65. The molecule has 1 fully saturated rings. The van der Waals surface area contributed by atoms with Crippen LogP contribution in [0.25, 0.3) is 11.8 Å². The molecule has 0 radical (unpaired) electrons. The van der Waals surface area contributed by atoms with E-state index in [2.05, 4.69) is 10.1 Å². The summed E-state index contributed by atoms with van der Waals surface area (Å²) in [5.74, 6) is -0.886. The zero-order valence-corrected chi connectivity index (χ0v) is 17.1. The molecule has 31 heavy (non-hydrogen) atoms. The summed E-state index contributed by atoms with van der Waals surface area (Å²) in [6.07, 6.45) is 5.72. The summed E-state index contributed by atoms with van der Waals surface area (Å²) in [4.78, 5) is 3.97. The maximum Gasteiger partial charge on any atom is 0.147 e. The van der Waals surface area contributed by atoms with Crippen LogP contribution in [-0.2, 0) is 6.42 Å². The van der Waals surface area contributed by atoms with Crippen molar-refractivity contribution in [3.05, 3.63) is 83.0 Å². The van der Waals surface area contributed by atoms with Crippen molar-refractivity contribution in [1.82, 2.24) is 14.8 Å². The average molecular weight is 423 g/mol. The minimum Gasteiger partial charge on any atom is -0.389 e. The Morgan fingerprint density at radius 1 is 1.19 bits per heavy atom. The molecular formula is C24H23F2N3O2. The van der Waals surface area contributed by atoms with Gasteiger partial charge in [-0.15, -0.1) is 0 Å². The minimum absolute atomic E-state index is 0.00376. The first-order valence-corrected chi connectivity index (χ1v) is 10.4. The molecule has 5 nitrogen and oxygen atoms in total. The molecule has 1 aromatic carbocycles. The highest BCUT2D eigenvalue weighted by Crippen LogP contribution is 2.57. The van der Waals surface area contributed by atoms with Gasteiger partial charge >= 0.3 is 0 Å². The van der Waals surface area contributed by atoms with Crippen molar-refractivity contribution in [3.63, 3.8) is 0 Å². The lowest BCUT2D eigenvalue weighted by Gasteiger charge is -2.43. The third-order valence-electron chi connectivity index (χ3n) is 6.99. The zero-order valence-electron chi connectivity index (χ0n) is 17.1. The van der Waals surface area contributed by atoms with Gasteiger partial charge in [-0.25, -0.2) is 13.5 Å². The summed E-state index contributed by atoms with van der Waals surface area (Å²) in [6.45, 7) is 1.99. The van der Waals surface area contributed by atoms with E-state index in [4.69, 9.17) is 0 Å². The van der Waals surface area contributed by atoms with Crippen molar-refractivity contribution in [2.45, 2.75) is 44.3 Å². The predicted octanol–water partition coefficient (Wildman–Crippen LogP) is 4.14. The first-order valence-electron chi connectivity index (χ1n) is 10.4. The lowest BCUT2D eigenvalue weighted by Crippen LogP contribution is -2.46. The van der Waals surface area contributed by atoms with Crippen LogP contribution >= 0.6 is 0 Å². The number of benzene rings is 1. The van der Waals surface area contributed by atoms with E-state index in [9.17, 15) is 19.0 Å². The van der Waals surface area contributed by atoms with Gasteiger partial charge in [0.15, 0.2) is 0 Å². The van der Waals surface area contributed by atoms with Crippen molar-refractivity contribution in [3.8, 4) is 5.69 Å². The molecule has 2 aliphatic carbocycles. The summed E-state index contributed by atoms with van der Waals surface area (Å²) in [5, 5.41) is 26.8. The number of hydrogen-bond acceptors (Lipinski definition) is 4. The number of aromatic nitrogens is 3. The second-order valence-electron chi connectivity index (χ2n) is 8.74. The number of rotatable bonds is 4. The summed E-state index contributed by atoms with van der Waals surface area (Å²) >= 11 is 0. The first kappa shape index (κ1) is 20.0. The monoisotopic (exact) mass is 423 g/mol. The summed E-state index contributed by atoms with van der Waals surface area (Å²) in [7, 11) is 0. The molecule has 1 unspecified atom stereocenters. The topological polar surface area (TPSA) is 71.2 Å². The standard InChI is InChI=1S/C24H23F2N3O2/c1-23-12-15-14-28-29(18-6-4-17(25)5-7-18)20(15)11-16(23)8-9-24(23,31)13-21(30)22-19(26)3-2-10-27-22/h2-7,10-11,14,21,30-31H,8-9,12-13H2,1H3/t21?,23-,24+/m0/s1. The number of fused-ring (bicyclic) bond motifs is 2. The van der Waals surface area contributed by atoms with Crippen molar-refractivity contribution < 1.29 is 19.0 Å². The van der Waals surface area contributed by atoms with Gasteiger partial charge in [0.1, 0.15) is 23.4 Å². The van der Waals surface area contributed by atoms with Crippen LogP contribution in [0.1, 0.15) is 49.2 Å². The maximum atomic E-state index is 14.1. The maximum absolute atomic E-state index is 14.1. The molecule has 0 saturated heterocycles. The molecule has 0 aliphatic heterocycles. The number of hydrogen-bond donors (Lipinski definition) is 2. The van der Waals surface area contributed by atoms with E-state index in [1.54, 1.807) is 23.0 Å². The van der Waals surface area contributed by atoms with Gasteiger partial charge in [-0.2, -0.15) is 5.10 Å². The molecule has 160 valence electrons. The van der Waals surface area contributed by atoms with Gasteiger partial charge in [0.05, 0.1) is 23.2 Å². The lowest BCUT2D eigenvalue weighted by molar-refractivity contribution is -0.0752. The van der Waals surface area contributed by atoms with Gasteiger partial charge < -0.3 is 10.2 Å². The summed E-state index contributed by atoms with van der Waals surface area (Å²) in [6, 6.07) is 8.88. The molecule has 2 N–H and O–H groups in total. The van der Waals surface area contributed by atoms with E-state index in [-0.39, 0.29) is 17.9 Å². The molecule has 5 rings (SSSR count). The Morgan fingerprint density at radius 2 is 1.97 bits per heavy atom. The molecule has 3 aromatic rings. The van der Waals surface area contributed by atoms with Gasteiger partial charge in [0.2, 0.25) is 0 Å². The smallest absolute Gasteiger partial charge is 0.147 e. The normalized spacial score (nSPS) is 25.6. The third-order valence-corrected chi connectivity index (χ3v) is 6.99. The fourth-order valence-corrected chi connectivity index (χ4v) is 5.10. The Labute approximate surface area is 178 Å². The SMILES string of the molecule is C[C@]12Cc3cnn(-c4ccc(F)cc4)c3C=C1CC[C@@]2(O)CC(O)c1ncccc1F. The quantitative estimate of drug-likeness (QED) is 0.662. The molecule has 0 amide bonds. The Balaban J connectivity index is 1.47. The number of nitrogens with zero attached hydrogens (tertiary/aromatic N) is 3. The highest BCUT2D eigenvalue weighted by Gasteiger charge is 2.56. The van der Waals surface area contributed by atoms with Crippen molar-refractivity contribution >= 4 is 6.08 Å². The van der Waals surface area contributed by atoms with Gasteiger partial charge in [-0.3, -0.25) is 4.98 Å². The Bertz CT molecular complexity index is 1170. The first-order chi connectivity index (χ1) is 14.8. The fraction of sp³-hybridized carbons (Fsp3) is 0.333. The number of halogens is 2. The van der Waals surface area contributed by atoms with Crippen LogP contribution in [0.2, 0.25) is 0 Å². The fourth-order valence-electron chi connectivity index (χ4n) is 5.10. The molecule has 2 aromatic heterocycles. The highest BCUT2D eigenvalue weighted by atomic mass is 19.1. The molecule has 0 bridgehead atoms. The summed E-state index contributed by atoms with van der Waals surface area (Å²) < 4.78 is 29.2. The molecule has 1 saturated carbocycles. The minimum atomic E-state index is -1.21. The van der Waals surface area contributed by atoms with Gasteiger partial charge in [0.25, 0.3) is 0 Å². The number of pyridine rings is 1. The van der Waals surface area contributed by atoms with Crippen LogP contribution in [0.4, 0.5) is 8.78 Å². The van der Waals surface area contributed by atoms with E-state index >= 15 is 0 Å². The van der Waals surface area contributed by atoms with Crippen LogP contribution in [0.3, 0.4) is 0 Å². The molecule has 7 heteroatoms. The van der Waals surface area contributed by atoms with Crippen LogP contribution < -0.4 is 0 Å². The summed E-state index contributed by atoms with van der Waals surface area (Å²) in [5.41, 5.74) is 1.85.